The molecule has 3 nitrogen and oxygen atoms in total. The van der Waals surface area contributed by atoms with E-state index in [9.17, 15) is 4.39 Å². The summed E-state index contributed by atoms with van der Waals surface area (Å²) in [4.78, 5) is 7.68. The molecule has 0 N–H and O–H groups in total. The molecule has 134 valence electrons. The van der Waals surface area contributed by atoms with Crippen LogP contribution >= 0.6 is 0 Å². The summed E-state index contributed by atoms with van der Waals surface area (Å²) in [7, 11) is 0. The first kappa shape index (κ1) is 17.8. The molecule has 0 aliphatic carbocycles. The van der Waals surface area contributed by atoms with Crippen molar-refractivity contribution in [2.45, 2.75) is 33.2 Å². The standard InChI is InChI=1S/C20H32FN3/c1-20(2,16-23-8-3-4-9-23)17-24-12-10-22(11-13-24)15-18-6-5-7-19(21)14-18/h5-7,14H,3-4,8-13,15-17H2,1-2H3. The smallest absolute Gasteiger partial charge is 0.123 e. The van der Waals surface area contributed by atoms with Gasteiger partial charge in [-0.05, 0) is 49.0 Å². The van der Waals surface area contributed by atoms with E-state index in [1.165, 1.54) is 45.1 Å². The van der Waals surface area contributed by atoms with Gasteiger partial charge in [0.1, 0.15) is 5.82 Å². The molecule has 0 saturated carbocycles. The van der Waals surface area contributed by atoms with E-state index in [0.717, 1.165) is 38.3 Å². The highest BCUT2D eigenvalue weighted by molar-refractivity contribution is 5.16. The van der Waals surface area contributed by atoms with Gasteiger partial charge in [0, 0.05) is 45.8 Å². The van der Waals surface area contributed by atoms with Crippen molar-refractivity contribution in [3.05, 3.63) is 35.6 Å². The number of rotatable bonds is 6. The maximum Gasteiger partial charge on any atom is 0.123 e. The zero-order chi connectivity index (χ0) is 17.0. The molecule has 1 aromatic rings. The molecule has 2 aliphatic rings. The molecule has 4 heteroatoms. The summed E-state index contributed by atoms with van der Waals surface area (Å²) < 4.78 is 13.3. The first-order valence-electron chi connectivity index (χ1n) is 9.42. The zero-order valence-corrected chi connectivity index (χ0v) is 15.3. The van der Waals surface area contributed by atoms with Crippen LogP contribution in [0.15, 0.2) is 24.3 Å². The van der Waals surface area contributed by atoms with Gasteiger partial charge in [0.25, 0.3) is 0 Å². The molecule has 0 radical (unpaired) electrons. The normalized spacial score (nSPS) is 21.5. The number of piperazine rings is 1. The summed E-state index contributed by atoms with van der Waals surface area (Å²) in [6, 6.07) is 7.01. The van der Waals surface area contributed by atoms with Crippen LogP contribution in [0.5, 0.6) is 0 Å². The van der Waals surface area contributed by atoms with Gasteiger partial charge in [-0.1, -0.05) is 26.0 Å². The van der Waals surface area contributed by atoms with Crippen LogP contribution in [-0.2, 0) is 6.54 Å². The molecule has 24 heavy (non-hydrogen) atoms. The predicted octanol–water partition coefficient (Wildman–Crippen LogP) is 3.07. The third-order valence-electron chi connectivity index (χ3n) is 5.26. The van der Waals surface area contributed by atoms with Crippen LogP contribution in [0.25, 0.3) is 0 Å². The average Bonchev–Trinajstić information content (AvgIpc) is 3.01. The summed E-state index contributed by atoms with van der Waals surface area (Å²) in [6.07, 6.45) is 2.74. The second-order valence-corrected chi connectivity index (χ2v) is 8.33. The number of benzene rings is 1. The van der Waals surface area contributed by atoms with E-state index in [-0.39, 0.29) is 5.82 Å². The maximum absolute atomic E-state index is 13.3. The van der Waals surface area contributed by atoms with Crippen LogP contribution in [-0.4, -0.2) is 67.1 Å². The molecule has 2 fully saturated rings. The molecule has 2 saturated heterocycles. The number of hydrogen-bond donors (Lipinski definition) is 0. The lowest BCUT2D eigenvalue weighted by Crippen LogP contribution is -2.50. The monoisotopic (exact) mass is 333 g/mol. The number of likely N-dealkylation sites (tertiary alicyclic amines) is 1. The quantitative estimate of drug-likeness (QED) is 0.792. The molecule has 2 aliphatic heterocycles. The van der Waals surface area contributed by atoms with Gasteiger partial charge in [0.2, 0.25) is 0 Å². The van der Waals surface area contributed by atoms with Crippen LogP contribution in [0, 0.1) is 11.2 Å². The molecule has 2 heterocycles. The Morgan fingerprint density at radius 1 is 0.875 bits per heavy atom. The molecule has 0 atom stereocenters. The van der Waals surface area contributed by atoms with Crippen molar-refractivity contribution in [2.75, 3.05) is 52.4 Å². The fourth-order valence-corrected chi connectivity index (χ4v) is 4.20. The SMILES string of the molecule is CC(C)(CN1CCCC1)CN1CCN(Cc2cccc(F)c2)CC1. The van der Waals surface area contributed by atoms with Crippen molar-refractivity contribution < 1.29 is 4.39 Å². The first-order chi connectivity index (χ1) is 11.5. The van der Waals surface area contributed by atoms with Crippen LogP contribution in [0.1, 0.15) is 32.3 Å². The van der Waals surface area contributed by atoms with Crippen molar-refractivity contribution in [2.24, 2.45) is 5.41 Å². The van der Waals surface area contributed by atoms with E-state index in [2.05, 4.69) is 28.5 Å². The second kappa shape index (κ2) is 7.94. The van der Waals surface area contributed by atoms with E-state index >= 15 is 0 Å². The van der Waals surface area contributed by atoms with E-state index in [0.29, 0.717) is 5.41 Å². The minimum absolute atomic E-state index is 0.130. The zero-order valence-electron chi connectivity index (χ0n) is 15.3. The van der Waals surface area contributed by atoms with Gasteiger partial charge in [0.05, 0.1) is 0 Å². The number of nitrogens with zero attached hydrogens (tertiary/aromatic N) is 3. The van der Waals surface area contributed by atoms with Gasteiger partial charge in [-0.15, -0.1) is 0 Å². The Labute approximate surface area is 146 Å². The Bertz CT molecular complexity index is 517. The fourth-order valence-electron chi connectivity index (χ4n) is 4.20. The molecule has 0 unspecified atom stereocenters. The third-order valence-corrected chi connectivity index (χ3v) is 5.26. The van der Waals surface area contributed by atoms with Gasteiger partial charge < -0.3 is 9.80 Å². The predicted molar refractivity (Wildman–Crippen MR) is 97.6 cm³/mol. The van der Waals surface area contributed by atoms with Crippen LogP contribution in [0.3, 0.4) is 0 Å². The van der Waals surface area contributed by atoms with E-state index < -0.39 is 0 Å². The van der Waals surface area contributed by atoms with Crippen molar-refractivity contribution in [1.82, 2.24) is 14.7 Å². The lowest BCUT2D eigenvalue weighted by molar-refractivity contribution is 0.0783. The van der Waals surface area contributed by atoms with Crippen LogP contribution in [0.4, 0.5) is 4.39 Å². The van der Waals surface area contributed by atoms with Gasteiger partial charge in [-0.25, -0.2) is 4.39 Å². The number of halogens is 1. The molecular weight excluding hydrogens is 301 g/mol. The highest BCUT2D eigenvalue weighted by Crippen LogP contribution is 2.22. The van der Waals surface area contributed by atoms with Gasteiger partial charge >= 0.3 is 0 Å². The summed E-state index contributed by atoms with van der Waals surface area (Å²) >= 11 is 0. The second-order valence-electron chi connectivity index (χ2n) is 8.33. The van der Waals surface area contributed by atoms with Gasteiger partial charge in [-0.3, -0.25) is 4.90 Å². The van der Waals surface area contributed by atoms with Crippen molar-refractivity contribution >= 4 is 0 Å². The van der Waals surface area contributed by atoms with Crippen molar-refractivity contribution in [3.8, 4) is 0 Å². The molecule has 0 spiro atoms. The Morgan fingerprint density at radius 3 is 2.08 bits per heavy atom. The molecule has 0 aromatic heterocycles. The Balaban J connectivity index is 1.42. The summed E-state index contributed by atoms with van der Waals surface area (Å²) in [6.45, 7) is 15.0. The van der Waals surface area contributed by atoms with E-state index in [4.69, 9.17) is 0 Å². The van der Waals surface area contributed by atoms with Gasteiger partial charge in [-0.2, -0.15) is 0 Å². The molecule has 1 aromatic carbocycles. The topological polar surface area (TPSA) is 9.72 Å². The Morgan fingerprint density at radius 2 is 1.46 bits per heavy atom. The lowest BCUT2D eigenvalue weighted by Gasteiger charge is -2.40. The average molecular weight is 333 g/mol. The molecule has 0 amide bonds. The summed E-state index contributed by atoms with van der Waals surface area (Å²) in [5.74, 6) is -0.130. The summed E-state index contributed by atoms with van der Waals surface area (Å²) in [5, 5.41) is 0. The highest BCUT2D eigenvalue weighted by atomic mass is 19.1. The van der Waals surface area contributed by atoms with Gasteiger partial charge in [0.15, 0.2) is 0 Å². The van der Waals surface area contributed by atoms with Crippen LogP contribution in [0.2, 0.25) is 0 Å². The molecular formula is C20H32FN3. The summed E-state index contributed by atoms with van der Waals surface area (Å²) in [5.41, 5.74) is 1.44. The van der Waals surface area contributed by atoms with Crippen LogP contribution < -0.4 is 0 Å². The number of hydrogen-bond acceptors (Lipinski definition) is 3. The molecule has 3 rings (SSSR count). The van der Waals surface area contributed by atoms with Crippen molar-refractivity contribution in [3.63, 3.8) is 0 Å². The maximum atomic E-state index is 13.3. The molecule has 0 bridgehead atoms. The van der Waals surface area contributed by atoms with E-state index in [1.54, 1.807) is 6.07 Å². The minimum Gasteiger partial charge on any atom is -0.303 e. The third kappa shape index (κ3) is 5.27. The Hall–Kier alpha value is -0.970. The van der Waals surface area contributed by atoms with E-state index in [1.807, 2.05) is 12.1 Å². The fraction of sp³-hybridized carbons (Fsp3) is 0.700. The minimum atomic E-state index is -0.130. The lowest BCUT2D eigenvalue weighted by atomic mass is 9.91. The largest absolute Gasteiger partial charge is 0.303 e. The first-order valence-corrected chi connectivity index (χ1v) is 9.42. The Kier molecular flexibility index (Phi) is 5.90. The van der Waals surface area contributed by atoms with Crippen molar-refractivity contribution in [1.29, 1.82) is 0 Å². The highest BCUT2D eigenvalue weighted by Gasteiger charge is 2.27.